The van der Waals surface area contributed by atoms with E-state index in [0.717, 1.165) is 16.6 Å². The minimum atomic E-state index is 0.615. The molecular weight excluding hydrogens is 291 g/mol. The summed E-state index contributed by atoms with van der Waals surface area (Å²) in [6.45, 7) is 0. The lowest BCUT2D eigenvalue weighted by molar-refractivity contribution is 1.02. The van der Waals surface area contributed by atoms with Gasteiger partial charge in [-0.05, 0) is 61.4 Å². The van der Waals surface area contributed by atoms with E-state index < -0.39 is 0 Å². The van der Waals surface area contributed by atoms with E-state index >= 15 is 0 Å². The van der Waals surface area contributed by atoms with Crippen molar-refractivity contribution in [1.29, 1.82) is 0 Å². The largest absolute Gasteiger partial charge is 0.261 e. The van der Waals surface area contributed by atoms with Gasteiger partial charge in [0.25, 0.3) is 0 Å². The third-order valence-electron chi connectivity index (χ3n) is 3.54. The fourth-order valence-corrected chi connectivity index (χ4v) is 2.46. The third kappa shape index (κ3) is 3.94. The second-order valence-corrected chi connectivity index (χ2v) is 6.18. The molecule has 0 saturated heterocycles. The average molecular weight is 307 g/mol. The zero-order valence-electron chi connectivity index (χ0n) is 11.1. The maximum absolute atomic E-state index is 5.78. The Bertz CT molecular complexity index is 539. The lowest BCUT2D eigenvalue weighted by Gasteiger charge is -1.95. The fourth-order valence-electron chi connectivity index (χ4n) is 2.11. The van der Waals surface area contributed by atoms with Crippen LogP contribution in [0, 0.1) is 0 Å². The molecule has 0 aliphatic heterocycles. The number of nitrogens with zero attached hydrogens (tertiary/aromatic N) is 2. The third-order valence-corrected chi connectivity index (χ3v) is 3.98. The molecule has 0 radical (unpaired) electrons. The molecule has 2 saturated carbocycles. The standard InChI is InChI=1S/2C8H8ClN/c9-7-3-4-10-8(5-7)6-1-2-6;9-8-5-7(3-4-10-8)6-1-2-6/h2*3-6H,1-2H2. The van der Waals surface area contributed by atoms with Crippen molar-refractivity contribution in [2.24, 2.45) is 0 Å². The molecule has 0 bridgehead atoms. The predicted octanol–water partition coefficient (Wildman–Crippen LogP) is 5.22. The monoisotopic (exact) mass is 306 g/mol. The van der Waals surface area contributed by atoms with Crippen LogP contribution in [-0.4, -0.2) is 9.97 Å². The average Bonchev–Trinajstić information content (AvgIpc) is 3.31. The molecule has 0 atom stereocenters. The summed E-state index contributed by atoms with van der Waals surface area (Å²) in [5.74, 6) is 1.49. The molecule has 104 valence electrons. The lowest BCUT2D eigenvalue weighted by atomic mass is 10.2. The van der Waals surface area contributed by atoms with Crippen LogP contribution in [0.25, 0.3) is 0 Å². The minimum absolute atomic E-state index is 0.615. The number of rotatable bonds is 2. The maximum Gasteiger partial charge on any atom is 0.129 e. The smallest absolute Gasteiger partial charge is 0.129 e. The van der Waals surface area contributed by atoms with Crippen molar-refractivity contribution in [3.8, 4) is 0 Å². The molecule has 0 spiro atoms. The van der Waals surface area contributed by atoms with Crippen LogP contribution in [0.1, 0.15) is 48.8 Å². The molecule has 2 fully saturated rings. The molecular formula is C16H16Cl2N2. The van der Waals surface area contributed by atoms with Gasteiger partial charge in [-0.3, -0.25) is 4.98 Å². The summed E-state index contributed by atoms with van der Waals surface area (Å²) in [6, 6.07) is 7.77. The van der Waals surface area contributed by atoms with E-state index in [0.29, 0.717) is 11.1 Å². The molecule has 2 aliphatic carbocycles. The highest BCUT2D eigenvalue weighted by molar-refractivity contribution is 6.30. The van der Waals surface area contributed by atoms with Gasteiger partial charge in [-0.25, -0.2) is 4.98 Å². The molecule has 2 nitrogen and oxygen atoms in total. The zero-order valence-corrected chi connectivity index (χ0v) is 12.6. The van der Waals surface area contributed by atoms with Crippen molar-refractivity contribution in [3.63, 3.8) is 0 Å². The van der Waals surface area contributed by atoms with Crippen LogP contribution in [0.4, 0.5) is 0 Å². The topological polar surface area (TPSA) is 25.8 Å². The Hall–Kier alpha value is -1.12. The maximum atomic E-state index is 5.78. The summed E-state index contributed by atoms with van der Waals surface area (Å²) in [7, 11) is 0. The Morgan fingerprint density at radius 1 is 0.850 bits per heavy atom. The van der Waals surface area contributed by atoms with Crippen molar-refractivity contribution >= 4 is 23.2 Å². The summed E-state index contributed by atoms with van der Waals surface area (Å²) in [5.41, 5.74) is 2.51. The Morgan fingerprint density at radius 2 is 1.55 bits per heavy atom. The van der Waals surface area contributed by atoms with Crippen LogP contribution in [-0.2, 0) is 0 Å². The predicted molar refractivity (Wildman–Crippen MR) is 82.4 cm³/mol. The molecule has 20 heavy (non-hydrogen) atoms. The number of hydrogen-bond donors (Lipinski definition) is 0. The van der Waals surface area contributed by atoms with E-state index in [4.69, 9.17) is 23.2 Å². The second-order valence-electron chi connectivity index (χ2n) is 5.36. The van der Waals surface area contributed by atoms with Crippen molar-refractivity contribution in [1.82, 2.24) is 9.97 Å². The van der Waals surface area contributed by atoms with E-state index in [9.17, 15) is 0 Å². The van der Waals surface area contributed by atoms with Gasteiger partial charge in [-0.15, -0.1) is 0 Å². The van der Waals surface area contributed by atoms with Crippen LogP contribution < -0.4 is 0 Å². The lowest BCUT2D eigenvalue weighted by Crippen LogP contribution is -1.82. The molecule has 2 aromatic rings. The van der Waals surface area contributed by atoms with Gasteiger partial charge in [0.05, 0.1) is 0 Å². The molecule has 0 aromatic carbocycles. The molecule has 4 rings (SSSR count). The van der Waals surface area contributed by atoms with Gasteiger partial charge in [0.1, 0.15) is 5.15 Å². The van der Waals surface area contributed by atoms with E-state index in [1.165, 1.54) is 31.2 Å². The highest BCUT2D eigenvalue weighted by atomic mass is 35.5. The summed E-state index contributed by atoms with van der Waals surface area (Å²) in [5, 5.41) is 1.42. The molecule has 2 heterocycles. The Labute approximate surface area is 129 Å². The highest BCUT2D eigenvalue weighted by Gasteiger charge is 2.24. The highest BCUT2D eigenvalue weighted by Crippen LogP contribution is 2.40. The quantitative estimate of drug-likeness (QED) is 0.710. The van der Waals surface area contributed by atoms with Gasteiger partial charge in [0, 0.05) is 29.0 Å². The summed E-state index contributed by atoms with van der Waals surface area (Å²) < 4.78 is 0. The van der Waals surface area contributed by atoms with Crippen molar-refractivity contribution in [2.45, 2.75) is 37.5 Å². The fraction of sp³-hybridized carbons (Fsp3) is 0.375. The normalized spacial score (nSPS) is 17.3. The van der Waals surface area contributed by atoms with E-state index in [-0.39, 0.29) is 0 Å². The first-order chi connectivity index (χ1) is 9.72. The Balaban J connectivity index is 0.000000121. The molecule has 4 heteroatoms. The van der Waals surface area contributed by atoms with Crippen LogP contribution in [0.15, 0.2) is 36.7 Å². The number of aromatic nitrogens is 2. The van der Waals surface area contributed by atoms with Crippen molar-refractivity contribution in [3.05, 3.63) is 58.1 Å². The van der Waals surface area contributed by atoms with Gasteiger partial charge in [-0.1, -0.05) is 23.2 Å². The number of pyridine rings is 2. The summed E-state index contributed by atoms with van der Waals surface area (Å²) in [6.07, 6.45) is 8.76. The Kier molecular flexibility index (Phi) is 4.23. The van der Waals surface area contributed by atoms with Crippen molar-refractivity contribution in [2.75, 3.05) is 0 Å². The van der Waals surface area contributed by atoms with Crippen molar-refractivity contribution < 1.29 is 0 Å². The summed E-state index contributed by atoms with van der Waals surface area (Å²) in [4.78, 5) is 8.13. The van der Waals surface area contributed by atoms with Gasteiger partial charge in [0.2, 0.25) is 0 Å². The first-order valence-corrected chi connectivity index (χ1v) is 7.71. The van der Waals surface area contributed by atoms with Gasteiger partial charge < -0.3 is 0 Å². The number of halogens is 2. The second kappa shape index (κ2) is 6.11. The number of hydrogen-bond acceptors (Lipinski definition) is 2. The van der Waals surface area contributed by atoms with Crippen LogP contribution in [0.3, 0.4) is 0 Å². The van der Waals surface area contributed by atoms with E-state index in [1.54, 1.807) is 12.4 Å². The summed E-state index contributed by atoms with van der Waals surface area (Å²) >= 11 is 11.5. The SMILES string of the molecule is Clc1cc(C2CC2)ccn1.Clc1ccnc(C2CC2)c1. The molecule has 0 unspecified atom stereocenters. The van der Waals surface area contributed by atoms with Gasteiger partial charge in [0.15, 0.2) is 0 Å². The van der Waals surface area contributed by atoms with E-state index in [2.05, 4.69) is 9.97 Å². The molecule has 2 aliphatic rings. The first kappa shape index (κ1) is 13.8. The van der Waals surface area contributed by atoms with Gasteiger partial charge >= 0.3 is 0 Å². The van der Waals surface area contributed by atoms with E-state index in [1.807, 2.05) is 24.3 Å². The minimum Gasteiger partial charge on any atom is -0.261 e. The van der Waals surface area contributed by atoms with Crippen LogP contribution >= 0.6 is 23.2 Å². The Morgan fingerprint density at radius 3 is 2.15 bits per heavy atom. The molecule has 2 aromatic heterocycles. The van der Waals surface area contributed by atoms with Gasteiger partial charge in [-0.2, -0.15) is 0 Å². The van der Waals surface area contributed by atoms with Crippen LogP contribution in [0.5, 0.6) is 0 Å². The molecule has 0 amide bonds. The van der Waals surface area contributed by atoms with Crippen LogP contribution in [0.2, 0.25) is 10.2 Å². The molecule has 0 N–H and O–H groups in total. The first-order valence-electron chi connectivity index (χ1n) is 6.95. The zero-order chi connectivity index (χ0) is 13.9.